The minimum absolute atomic E-state index is 0.0707. The molecule has 0 spiro atoms. The van der Waals surface area contributed by atoms with Crippen LogP contribution in [-0.4, -0.2) is 38.0 Å². The number of nitrogens with one attached hydrogen (secondary N) is 3. The number of hydrogen-bond acceptors (Lipinski definition) is 6. The molecule has 0 aliphatic carbocycles. The van der Waals surface area contributed by atoms with E-state index in [-0.39, 0.29) is 6.42 Å². The number of rotatable bonds is 10. The minimum atomic E-state index is -1.16. The Balaban J connectivity index is 1.22. The number of carbonyl (C=O) groups excluding carboxylic acids is 1. The monoisotopic (exact) mass is 541 g/mol. The molecule has 2 heterocycles. The fourth-order valence-electron chi connectivity index (χ4n) is 4.60. The first kappa shape index (κ1) is 26.6. The van der Waals surface area contributed by atoms with Crippen molar-refractivity contribution in [2.45, 2.75) is 39.3 Å². The Hall–Kier alpha value is -4.99. The lowest BCUT2D eigenvalue weighted by atomic mass is 9.98. The SMILES string of the molecule is CCc1cc(F)cc(C)c1C(=O)NC(Cc1ccc(-c2nc(CNc3nc4ccccc4[nH]3)co2)cc1)C(=O)O. The maximum Gasteiger partial charge on any atom is 0.326 e. The molecule has 9 nitrogen and oxygen atoms in total. The predicted octanol–water partition coefficient (Wildman–Crippen LogP) is 5.27. The minimum Gasteiger partial charge on any atom is -0.480 e. The lowest BCUT2D eigenvalue weighted by Crippen LogP contribution is -2.42. The lowest BCUT2D eigenvalue weighted by molar-refractivity contribution is -0.139. The topological polar surface area (TPSA) is 133 Å². The zero-order chi connectivity index (χ0) is 28.2. The number of carbonyl (C=O) groups is 2. The number of aromatic nitrogens is 3. The zero-order valence-corrected chi connectivity index (χ0v) is 22.0. The van der Waals surface area contributed by atoms with Gasteiger partial charge in [0.15, 0.2) is 0 Å². The van der Waals surface area contributed by atoms with Crippen molar-refractivity contribution < 1.29 is 23.5 Å². The zero-order valence-electron chi connectivity index (χ0n) is 22.0. The van der Waals surface area contributed by atoms with E-state index >= 15 is 0 Å². The van der Waals surface area contributed by atoms with Crippen LogP contribution in [0, 0.1) is 12.7 Å². The van der Waals surface area contributed by atoms with Crippen molar-refractivity contribution in [3.63, 3.8) is 0 Å². The summed E-state index contributed by atoms with van der Waals surface area (Å²) in [4.78, 5) is 37.1. The Morgan fingerprint density at radius 1 is 1.10 bits per heavy atom. The van der Waals surface area contributed by atoms with Crippen LogP contribution in [0.4, 0.5) is 10.3 Å². The molecule has 10 heteroatoms. The van der Waals surface area contributed by atoms with Gasteiger partial charge in [-0.1, -0.05) is 31.2 Å². The molecule has 204 valence electrons. The second-order valence-electron chi connectivity index (χ2n) is 9.48. The first-order valence-electron chi connectivity index (χ1n) is 12.9. The number of H-pyrrole nitrogens is 1. The Bertz CT molecular complexity index is 1640. The maximum atomic E-state index is 13.8. The summed E-state index contributed by atoms with van der Waals surface area (Å²) in [5.41, 5.74) is 5.22. The molecule has 1 unspecified atom stereocenters. The standard InChI is InChI=1S/C30H28FN5O4/c1-3-19-14-21(31)12-17(2)26(19)27(37)34-25(29(38)39)13-18-8-10-20(11-9-18)28-33-22(16-40-28)15-32-30-35-23-6-4-5-7-24(23)36-30/h4-12,14,16,25H,3,13,15H2,1-2H3,(H,34,37)(H,38,39)(H2,32,35,36). The number of aryl methyl sites for hydroxylation is 2. The van der Waals surface area contributed by atoms with Gasteiger partial charge in [-0.05, 0) is 66.4 Å². The van der Waals surface area contributed by atoms with E-state index in [0.717, 1.165) is 16.6 Å². The molecule has 1 atom stereocenters. The molecular formula is C30H28FN5O4. The van der Waals surface area contributed by atoms with Crippen molar-refractivity contribution in [1.29, 1.82) is 0 Å². The number of carboxylic acids is 1. The number of oxazole rings is 1. The summed E-state index contributed by atoms with van der Waals surface area (Å²) >= 11 is 0. The second-order valence-corrected chi connectivity index (χ2v) is 9.48. The molecule has 5 rings (SSSR count). The van der Waals surface area contributed by atoms with Crippen LogP contribution in [-0.2, 0) is 24.2 Å². The van der Waals surface area contributed by atoms with E-state index < -0.39 is 23.7 Å². The van der Waals surface area contributed by atoms with Crippen molar-refractivity contribution in [2.24, 2.45) is 0 Å². The van der Waals surface area contributed by atoms with Gasteiger partial charge in [0, 0.05) is 17.5 Å². The first-order valence-corrected chi connectivity index (χ1v) is 12.9. The number of amides is 1. The van der Waals surface area contributed by atoms with Gasteiger partial charge in [0.1, 0.15) is 18.1 Å². The molecule has 0 saturated carbocycles. The first-order chi connectivity index (χ1) is 19.3. The van der Waals surface area contributed by atoms with E-state index in [9.17, 15) is 19.1 Å². The van der Waals surface area contributed by atoms with Crippen LogP contribution in [0.15, 0.2) is 71.3 Å². The van der Waals surface area contributed by atoms with E-state index in [2.05, 4.69) is 25.6 Å². The normalized spacial score (nSPS) is 11.9. The highest BCUT2D eigenvalue weighted by Crippen LogP contribution is 2.22. The number of hydrogen-bond donors (Lipinski definition) is 4. The van der Waals surface area contributed by atoms with Gasteiger partial charge in [0.05, 0.1) is 23.3 Å². The summed E-state index contributed by atoms with van der Waals surface area (Å²) in [5, 5.41) is 15.6. The van der Waals surface area contributed by atoms with E-state index in [1.54, 1.807) is 37.5 Å². The number of fused-ring (bicyclic) bond motifs is 1. The van der Waals surface area contributed by atoms with Crippen molar-refractivity contribution in [3.8, 4) is 11.5 Å². The molecule has 5 aromatic rings. The second kappa shape index (κ2) is 11.4. The Kier molecular flexibility index (Phi) is 7.59. The van der Waals surface area contributed by atoms with E-state index in [0.29, 0.717) is 52.8 Å². The number of imidazole rings is 1. The maximum absolute atomic E-state index is 13.8. The Morgan fingerprint density at radius 2 is 1.88 bits per heavy atom. The van der Waals surface area contributed by atoms with Crippen LogP contribution in [0.2, 0.25) is 0 Å². The van der Waals surface area contributed by atoms with Crippen LogP contribution in [0.1, 0.15) is 39.7 Å². The summed E-state index contributed by atoms with van der Waals surface area (Å²) in [5.74, 6) is -1.07. The summed E-state index contributed by atoms with van der Waals surface area (Å²) in [6, 6.07) is 16.3. The number of benzene rings is 3. The van der Waals surface area contributed by atoms with Gasteiger partial charge in [0.2, 0.25) is 11.8 Å². The molecule has 0 saturated heterocycles. The summed E-state index contributed by atoms with van der Waals surface area (Å²) in [7, 11) is 0. The number of aliphatic carboxylic acids is 1. The molecule has 3 aromatic carbocycles. The third kappa shape index (κ3) is 5.85. The number of nitrogens with zero attached hydrogens (tertiary/aromatic N) is 2. The largest absolute Gasteiger partial charge is 0.480 e. The quantitative estimate of drug-likeness (QED) is 0.189. The highest BCUT2D eigenvalue weighted by atomic mass is 19.1. The molecular weight excluding hydrogens is 513 g/mol. The van der Waals surface area contributed by atoms with Crippen molar-refractivity contribution in [2.75, 3.05) is 5.32 Å². The number of halogens is 1. The molecule has 40 heavy (non-hydrogen) atoms. The van der Waals surface area contributed by atoms with E-state index in [1.807, 2.05) is 31.2 Å². The van der Waals surface area contributed by atoms with E-state index in [4.69, 9.17) is 4.42 Å². The van der Waals surface area contributed by atoms with Crippen LogP contribution >= 0.6 is 0 Å². The lowest BCUT2D eigenvalue weighted by Gasteiger charge is -2.17. The number of aromatic amines is 1. The van der Waals surface area contributed by atoms with Gasteiger partial charge in [-0.15, -0.1) is 0 Å². The Labute approximate surface area is 229 Å². The van der Waals surface area contributed by atoms with Gasteiger partial charge < -0.3 is 25.1 Å². The van der Waals surface area contributed by atoms with Crippen LogP contribution < -0.4 is 10.6 Å². The van der Waals surface area contributed by atoms with Gasteiger partial charge >= 0.3 is 5.97 Å². The van der Waals surface area contributed by atoms with Crippen LogP contribution in [0.25, 0.3) is 22.5 Å². The summed E-state index contributed by atoms with van der Waals surface area (Å²) in [6.45, 7) is 3.86. The smallest absolute Gasteiger partial charge is 0.326 e. The molecule has 1 amide bonds. The number of carboxylic acid groups (broad SMARTS) is 1. The molecule has 0 fully saturated rings. The fourth-order valence-corrected chi connectivity index (χ4v) is 4.60. The number of para-hydroxylation sites is 2. The van der Waals surface area contributed by atoms with Crippen molar-refractivity contribution in [3.05, 3.63) is 101 Å². The van der Waals surface area contributed by atoms with Crippen LogP contribution in [0.5, 0.6) is 0 Å². The third-order valence-corrected chi connectivity index (χ3v) is 6.61. The van der Waals surface area contributed by atoms with Gasteiger partial charge in [0.25, 0.3) is 5.91 Å². The fraction of sp³-hybridized carbons (Fsp3) is 0.200. The number of anilines is 1. The average molecular weight is 542 g/mol. The molecule has 0 radical (unpaired) electrons. The molecule has 0 bridgehead atoms. The Morgan fingerprint density at radius 3 is 2.60 bits per heavy atom. The summed E-state index contributed by atoms with van der Waals surface area (Å²) < 4.78 is 19.4. The average Bonchev–Trinajstić information content (AvgIpc) is 3.58. The van der Waals surface area contributed by atoms with Crippen LogP contribution in [0.3, 0.4) is 0 Å². The molecule has 0 aliphatic heterocycles. The third-order valence-electron chi connectivity index (χ3n) is 6.61. The predicted molar refractivity (Wildman–Crippen MR) is 148 cm³/mol. The molecule has 2 aromatic heterocycles. The van der Waals surface area contributed by atoms with Crippen molar-refractivity contribution in [1.82, 2.24) is 20.3 Å². The van der Waals surface area contributed by atoms with E-state index in [1.165, 1.54) is 12.1 Å². The van der Waals surface area contributed by atoms with Gasteiger partial charge in [-0.25, -0.2) is 19.2 Å². The highest BCUT2D eigenvalue weighted by molar-refractivity contribution is 5.99. The van der Waals surface area contributed by atoms with Gasteiger partial charge in [-0.2, -0.15) is 0 Å². The van der Waals surface area contributed by atoms with Gasteiger partial charge in [-0.3, -0.25) is 4.79 Å². The highest BCUT2D eigenvalue weighted by Gasteiger charge is 2.24. The molecule has 0 aliphatic rings. The van der Waals surface area contributed by atoms with Crippen molar-refractivity contribution >= 4 is 28.9 Å². The summed E-state index contributed by atoms with van der Waals surface area (Å²) in [6.07, 6.45) is 2.08. The molecule has 4 N–H and O–H groups in total.